The zero-order valence-corrected chi connectivity index (χ0v) is 19.6. The van der Waals surface area contributed by atoms with Gasteiger partial charge in [-0.25, -0.2) is 0 Å². The van der Waals surface area contributed by atoms with Crippen molar-refractivity contribution < 1.29 is 24.2 Å². The van der Waals surface area contributed by atoms with Gasteiger partial charge < -0.3 is 20.1 Å². The zero-order chi connectivity index (χ0) is 23.1. The number of amides is 2. The first-order valence-electron chi connectivity index (χ1n) is 12.6. The fourth-order valence-electron chi connectivity index (χ4n) is 5.71. The lowest BCUT2D eigenvalue weighted by atomic mass is 9.70. The van der Waals surface area contributed by atoms with Crippen LogP contribution < -0.4 is 5.32 Å². The molecular weight excluding hydrogens is 408 g/mol. The maximum atomic E-state index is 13.6. The highest BCUT2D eigenvalue weighted by Gasteiger charge is 2.57. The van der Waals surface area contributed by atoms with Crippen molar-refractivity contribution in [1.82, 2.24) is 10.2 Å². The van der Waals surface area contributed by atoms with Crippen LogP contribution in [0.25, 0.3) is 0 Å². The Labute approximate surface area is 191 Å². The monoisotopic (exact) mass is 448 g/mol. The van der Waals surface area contributed by atoms with Crippen LogP contribution in [0.3, 0.4) is 0 Å². The second-order valence-corrected chi connectivity index (χ2v) is 9.58. The number of esters is 1. The van der Waals surface area contributed by atoms with Crippen molar-refractivity contribution in [1.29, 1.82) is 0 Å². The number of ether oxygens (including phenoxy) is 1. The molecule has 5 atom stereocenters. The van der Waals surface area contributed by atoms with Crippen LogP contribution in [-0.4, -0.2) is 59.6 Å². The Bertz CT molecular complexity index is 688. The first kappa shape index (κ1) is 24.7. The van der Waals surface area contributed by atoms with Crippen LogP contribution in [0.5, 0.6) is 0 Å². The Morgan fingerprint density at radius 2 is 1.84 bits per heavy atom. The minimum absolute atomic E-state index is 0.0880. The maximum absolute atomic E-state index is 13.6. The third-order valence-corrected chi connectivity index (χ3v) is 7.36. The molecule has 2 fully saturated rings. The van der Waals surface area contributed by atoms with Crippen molar-refractivity contribution in [2.45, 2.75) is 83.7 Å². The lowest BCUT2D eigenvalue weighted by Crippen LogP contribution is -2.50. The van der Waals surface area contributed by atoms with Gasteiger partial charge in [0.15, 0.2) is 0 Å². The summed E-state index contributed by atoms with van der Waals surface area (Å²) in [5.41, 5.74) is 0. The lowest BCUT2D eigenvalue weighted by Gasteiger charge is -2.33. The Morgan fingerprint density at radius 3 is 2.53 bits per heavy atom. The molecule has 3 aliphatic rings. The summed E-state index contributed by atoms with van der Waals surface area (Å²) in [6.07, 6.45) is 12.7. The Balaban J connectivity index is 1.80. The van der Waals surface area contributed by atoms with Crippen LogP contribution in [0, 0.1) is 23.7 Å². The number of hydrogen-bond donors (Lipinski definition) is 2. The van der Waals surface area contributed by atoms with Gasteiger partial charge in [-0.3, -0.25) is 14.4 Å². The number of aliphatic hydroxyl groups excluding tert-OH is 1. The van der Waals surface area contributed by atoms with Gasteiger partial charge in [-0.15, -0.1) is 0 Å². The van der Waals surface area contributed by atoms with E-state index in [0.29, 0.717) is 6.54 Å². The van der Waals surface area contributed by atoms with Crippen LogP contribution in [0.2, 0.25) is 0 Å². The normalized spacial score (nSPS) is 30.3. The number of unbranched alkanes of at least 4 members (excludes halogenated alkanes) is 3. The van der Waals surface area contributed by atoms with E-state index in [1.165, 1.54) is 6.42 Å². The van der Waals surface area contributed by atoms with E-state index >= 15 is 0 Å². The van der Waals surface area contributed by atoms with Crippen molar-refractivity contribution in [3.63, 3.8) is 0 Å². The maximum Gasteiger partial charge on any atom is 0.310 e. The van der Waals surface area contributed by atoms with Crippen LogP contribution in [0.4, 0.5) is 0 Å². The quantitative estimate of drug-likeness (QED) is 0.304. The summed E-state index contributed by atoms with van der Waals surface area (Å²) >= 11 is 0. The molecule has 0 aromatic heterocycles. The zero-order valence-electron chi connectivity index (χ0n) is 19.6. The van der Waals surface area contributed by atoms with Gasteiger partial charge in [-0.2, -0.15) is 0 Å². The summed E-state index contributed by atoms with van der Waals surface area (Å²) in [5.74, 6) is -2.05. The van der Waals surface area contributed by atoms with E-state index in [0.717, 1.165) is 51.4 Å². The number of likely N-dealkylation sites (tertiary alicyclic amines) is 1. The summed E-state index contributed by atoms with van der Waals surface area (Å²) in [6, 6.07) is -0.405. The minimum Gasteiger partial charge on any atom is -0.466 e. The van der Waals surface area contributed by atoms with Gasteiger partial charge in [0.2, 0.25) is 11.8 Å². The molecule has 0 spiro atoms. The molecule has 2 N–H and O–H groups in total. The van der Waals surface area contributed by atoms with Crippen LogP contribution >= 0.6 is 0 Å². The minimum atomic E-state index is -0.576. The van der Waals surface area contributed by atoms with Gasteiger partial charge in [-0.1, -0.05) is 51.2 Å². The number of carbonyl (C=O) groups is 3. The summed E-state index contributed by atoms with van der Waals surface area (Å²) in [5, 5.41) is 12.2. The van der Waals surface area contributed by atoms with E-state index in [1.54, 1.807) is 11.8 Å². The predicted octanol–water partition coefficient (Wildman–Crippen LogP) is 2.82. The first-order chi connectivity index (χ1) is 15.5. The molecular formula is C25H40N2O5. The molecule has 1 heterocycles. The summed E-state index contributed by atoms with van der Waals surface area (Å²) in [4.78, 5) is 41.6. The first-order valence-corrected chi connectivity index (χ1v) is 12.6. The SMILES string of the molecule is CCOC(=O)[C@H]1[C@H]2C(=O)N(CCCCCCO)[C@H](C(=O)NC3CCCCC3)[C@H]2C=C[C@H]1C. The van der Waals surface area contributed by atoms with Gasteiger partial charge in [0, 0.05) is 25.1 Å². The van der Waals surface area contributed by atoms with Gasteiger partial charge >= 0.3 is 5.97 Å². The smallest absolute Gasteiger partial charge is 0.310 e. The topological polar surface area (TPSA) is 95.9 Å². The Kier molecular flexibility index (Phi) is 9.14. The van der Waals surface area contributed by atoms with Gasteiger partial charge in [-0.05, 0) is 38.5 Å². The number of fused-ring (bicyclic) bond motifs is 1. The van der Waals surface area contributed by atoms with Crippen molar-refractivity contribution in [3.8, 4) is 0 Å². The molecule has 0 aromatic rings. The lowest BCUT2D eigenvalue weighted by molar-refractivity contribution is -0.155. The van der Waals surface area contributed by atoms with E-state index < -0.39 is 17.9 Å². The Morgan fingerprint density at radius 1 is 1.12 bits per heavy atom. The number of nitrogens with zero attached hydrogens (tertiary/aromatic N) is 1. The second-order valence-electron chi connectivity index (χ2n) is 9.58. The number of aliphatic hydroxyl groups is 1. The molecule has 7 nitrogen and oxygen atoms in total. The van der Waals surface area contributed by atoms with Crippen LogP contribution in [0.1, 0.15) is 71.6 Å². The molecule has 1 aliphatic heterocycles. The molecule has 2 aliphatic carbocycles. The second kappa shape index (κ2) is 11.8. The standard InChI is InChI=1S/C25H40N2O5/c1-3-32-25(31)20-17(2)13-14-19-21(20)24(30)27(15-9-4-5-10-16-28)22(19)23(29)26-18-11-7-6-8-12-18/h13-14,17-22,28H,3-12,15-16H2,1-2H3,(H,26,29)/t17-,19+,20-,21+,22+/m1/s1. The fourth-order valence-corrected chi connectivity index (χ4v) is 5.71. The van der Waals surface area contributed by atoms with Gasteiger partial charge in [0.25, 0.3) is 0 Å². The molecule has 3 rings (SSSR count). The molecule has 0 unspecified atom stereocenters. The number of carbonyl (C=O) groups excluding carboxylic acids is 3. The van der Waals surface area contributed by atoms with Crippen molar-refractivity contribution in [3.05, 3.63) is 12.2 Å². The van der Waals surface area contributed by atoms with E-state index in [-0.39, 0.29) is 48.9 Å². The molecule has 32 heavy (non-hydrogen) atoms. The molecule has 0 aromatic carbocycles. The predicted molar refractivity (Wildman–Crippen MR) is 121 cm³/mol. The average molecular weight is 449 g/mol. The number of rotatable bonds is 10. The summed E-state index contributed by atoms with van der Waals surface area (Å²) in [7, 11) is 0. The van der Waals surface area contributed by atoms with E-state index in [2.05, 4.69) is 5.32 Å². The Hall–Kier alpha value is -1.89. The molecule has 1 saturated heterocycles. The number of nitrogens with one attached hydrogen (secondary N) is 1. The highest BCUT2D eigenvalue weighted by atomic mass is 16.5. The van der Waals surface area contributed by atoms with Crippen LogP contribution in [0.15, 0.2) is 12.2 Å². The average Bonchev–Trinajstić information content (AvgIpc) is 3.06. The largest absolute Gasteiger partial charge is 0.466 e. The molecule has 0 radical (unpaired) electrons. The van der Waals surface area contributed by atoms with E-state index in [1.807, 2.05) is 19.1 Å². The fraction of sp³-hybridized carbons (Fsp3) is 0.800. The molecule has 7 heteroatoms. The van der Waals surface area contributed by atoms with E-state index in [9.17, 15) is 14.4 Å². The van der Waals surface area contributed by atoms with Gasteiger partial charge in [0.05, 0.1) is 18.4 Å². The molecule has 2 amide bonds. The third-order valence-electron chi connectivity index (χ3n) is 7.36. The third kappa shape index (κ3) is 5.53. The number of hydrogen-bond acceptors (Lipinski definition) is 5. The van der Waals surface area contributed by atoms with E-state index in [4.69, 9.17) is 9.84 Å². The van der Waals surface area contributed by atoms with Crippen molar-refractivity contribution in [2.75, 3.05) is 19.8 Å². The van der Waals surface area contributed by atoms with Crippen molar-refractivity contribution >= 4 is 17.8 Å². The molecule has 1 saturated carbocycles. The molecule has 0 bridgehead atoms. The highest BCUT2D eigenvalue weighted by Crippen LogP contribution is 2.44. The van der Waals surface area contributed by atoms with Gasteiger partial charge in [0.1, 0.15) is 6.04 Å². The molecule has 180 valence electrons. The summed E-state index contributed by atoms with van der Waals surface area (Å²) < 4.78 is 5.32. The summed E-state index contributed by atoms with van der Waals surface area (Å²) in [6.45, 7) is 4.66. The van der Waals surface area contributed by atoms with Crippen LogP contribution in [-0.2, 0) is 19.1 Å². The highest BCUT2D eigenvalue weighted by molar-refractivity contribution is 5.96. The van der Waals surface area contributed by atoms with Crippen molar-refractivity contribution in [2.24, 2.45) is 23.7 Å². The number of allylic oxidation sites excluding steroid dienone is 1.